The summed E-state index contributed by atoms with van der Waals surface area (Å²) in [6.07, 6.45) is 11.7. The highest BCUT2D eigenvalue weighted by Gasteiger charge is 2.41. The Morgan fingerprint density at radius 3 is 1.33 bits per heavy atom. The second kappa shape index (κ2) is 40.8. The van der Waals surface area contributed by atoms with Crippen molar-refractivity contribution in [3.05, 3.63) is 175 Å². The van der Waals surface area contributed by atoms with Gasteiger partial charge in [0.1, 0.15) is 22.1 Å². The maximum Gasteiger partial charge on any atom is 0.407 e. The number of aromatic amines is 2. The third-order valence-electron chi connectivity index (χ3n) is 21.7. The number of alkyl carbamates (subject to hydrolysis) is 2. The van der Waals surface area contributed by atoms with Gasteiger partial charge < -0.3 is 60.4 Å². The van der Waals surface area contributed by atoms with Gasteiger partial charge >= 0.3 is 24.1 Å². The van der Waals surface area contributed by atoms with E-state index in [1.807, 2.05) is 69.3 Å². The van der Waals surface area contributed by atoms with Crippen LogP contribution < -0.4 is 32.1 Å². The zero-order valence-corrected chi connectivity index (χ0v) is 71.4. The highest BCUT2D eigenvalue weighted by atomic mass is 35.5. The van der Waals surface area contributed by atoms with Gasteiger partial charge in [-0.1, -0.05) is 125 Å². The number of nitrogens with one attached hydrogen (secondary N) is 6. The number of allylic oxidation sites excluding steroid dienone is 2. The van der Waals surface area contributed by atoms with Gasteiger partial charge in [0, 0.05) is 72.6 Å². The quantitative estimate of drug-likeness (QED) is 0.0311. The lowest BCUT2D eigenvalue weighted by Gasteiger charge is -2.31. The number of aromatic nitrogens is 2. The second-order valence-corrected chi connectivity index (χ2v) is 30.5. The van der Waals surface area contributed by atoms with E-state index in [4.69, 9.17) is 47.8 Å². The van der Waals surface area contributed by atoms with E-state index >= 15 is 0 Å². The number of hydrogen-bond acceptors (Lipinski definition) is 15. The van der Waals surface area contributed by atoms with Gasteiger partial charge in [-0.25, -0.2) is 9.59 Å². The largest absolute Gasteiger partial charge is 0.481 e. The maximum absolute atomic E-state index is 13.8. The molecular weight excluding hydrogens is 1570 g/mol. The molecule has 8 heterocycles. The Hall–Kier alpha value is -8.25. The Labute approximate surface area is 703 Å². The lowest BCUT2D eigenvalue weighted by Crippen LogP contribution is -2.53. The maximum atomic E-state index is 13.8. The summed E-state index contributed by atoms with van der Waals surface area (Å²) in [5.41, 5.74) is 13.3. The van der Waals surface area contributed by atoms with Crippen LogP contribution in [0.2, 0.25) is 10.0 Å². The number of esters is 1. The van der Waals surface area contributed by atoms with Gasteiger partial charge in [0.15, 0.2) is 0 Å². The monoisotopic (exact) mass is 1670 g/mol. The Balaban J connectivity index is 0.000000279. The lowest BCUT2D eigenvalue weighted by molar-refractivity contribution is -0.151. The number of carbonyl (C=O) groups excluding carboxylic acids is 5. The van der Waals surface area contributed by atoms with Gasteiger partial charge in [-0.15, -0.1) is 0 Å². The molecule has 0 bridgehead atoms. The molecule has 7 N–H and O–H groups in total. The zero-order valence-electron chi connectivity index (χ0n) is 64.9. The molecule has 0 spiro atoms. The number of rotatable bonds is 18. The van der Waals surface area contributed by atoms with Crippen LogP contribution in [0.1, 0.15) is 147 Å². The van der Waals surface area contributed by atoms with Gasteiger partial charge in [-0.3, -0.25) is 38.8 Å². The van der Waals surface area contributed by atoms with Crippen LogP contribution in [0.5, 0.6) is 0 Å². The number of carbonyl (C=O) groups is 6. The molecule has 14 rings (SSSR count). The molecule has 606 valence electrons. The highest BCUT2D eigenvalue weighted by molar-refractivity contribution is 7.60. The smallest absolute Gasteiger partial charge is 0.407 e. The summed E-state index contributed by atoms with van der Waals surface area (Å²) in [5, 5.41) is 27.0. The Morgan fingerprint density at radius 1 is 0.496 bits per heavy atom. The van der Waals surface area contributed by atoms with Gasteiger partial charge in [-0.2, -0.15) is 67.5 Å². The van der Waals surface area contributed by atoms with Crippen molar-refractivity contribution in [1.29, 1.82) is 0 Å². The number of aliphatic carboxylic acids is 1. The molecule has 2 aromatic heterocycles. The highest BCUT2D eigenvalue weighted by Crippen LogP contribution is 2.39. The molecule has 0 saturated carbocycles. The van der Waals surface area contributed by atoms with Crippen molar-refractivity contribution in [3.63, 3.8) is 0 Å². The molecule has 6 aliphatic rings. The van der Waals surface area contributed by atoms with Crippen molar-refractivity contribution in [2.75, 3.05) is 47.5 Å². The van der Waals surface area contributed by atoms with Crippen molar-refractivity contribution in [3.8, 4) is 22.3 Å². The number of fused-ring (bicyclic) bond motifs is 4. The van der Waals surface area contributed by atoms with E-state index in [-0.39, 0.29) is 131 Å². The van der Waals surface area contributed by atoms with E-state index < -0.39 is 48.2 Å². The predicted molar refractivity (Wildman–Crippen MR) is 477 cm³/mol. The third kappa shape index (κ3) is 20.7. The number of nitrogens with zero attached hydrogens (tertiary/aromatic N) is 4. The van der Waals surface area contributed by atoms with Crippen LogP contribution in [-0.4, -0.2) is 144 Å². The number of pyridine rings is 2. The summed E-state index contributed by atoms with van der Waals surface area (Å²) in [7, 11) is 3.80. The molecule has 6 aromatic carbocycles. The van der Waals surface area contributed by atoms with E-state index in [9.17, 15) is 38.4 Å². The van der Waals surface area contributed by atoms with Crippen molar-refractivity contribution in [2.45, 2.75) is 148 Å². The first-order chi connectivity index (χ1) is 51.9. The van der Waals surface area contributed by atoms with Gasteiger partial charge in [-0.05, 0) is 197 Å². The van der Waals surface area contributed by atoms with Gasteiger partial charge in [0.2, 0.25) is 22.7 Å². The minimum atomic E-state index is -0.949. The van der Waals surface area contributed by atoms with Crippen molar-refractivity contribution in [2.24, 2.45) is 33.7 Å². The Bertz CT molecular complexity index is 5100. The number of carboxylic acids is 1. The molecule has 113 heavy (non-hydrogen) atoms. The zero-order chi connectivity index (χ0) is 76.8. The number of methoxy groups -OCH3 is 3. The molecule has 29 heteroatoms. The number of aliphatic imine (C=N–C) groups is 2. The molecule has 0 radical (unpaired) electrons. The number of carboxylic acid groups (broad SMARTS) is 1. The second-order valence-electron chi connectivity index (χ2n) is 29.7. The van der Waals surface area contributed by atoms with Crippen molar-refractivity contribution < 1.29 is 48.1 Å². The van der Waals surface area contributed by atoms with Gasteiger partial charge in [0.25, 0.3) is 0 Å². The average molecular weight is 1680 g/mol. The molecule has 2 unspecified atom stereocenters. The summed E-state index contributed by atoms with van der Waals surface area (Å²) >= 11 is 13.2. The van der Waals surface area contributed by atoms with Crippen LogP contribution in [0.15, 0.2) is 141 Å². The van der Waals surface area contributed by atoms with E-state index in [1.54, 1.807) is 24.8 Å². The van der Waals surface area contributed by atoms with E-state index in [1.165, 1.54) is 61.8 Å². The van der Waals surface area contributed by atoms with Gasteiger partial charge in [0.05, 0.1) is 68.2 Å². The number of likely N-dealkylation sites (tertiary alicyclic amines) is 2. The standard InChI is InChI=1S/C45H51ClN6O7.C31H29ClN4O.C8H14O4.5H2S/c1-24(2)38(49-44(56)58-5)42(54)51-17-7-9-35(51)34-22-31(23-47-34)29-14-13-26-19-28(12-11-27(26)20-29)30-15-16-32-33(21-30)48-40(37(46)41(32)53)36-10-8-18-52(36)43(55)39(25(3)4)50-45(57)59-6;32-29-30(26-4-2-12-34-26)36-27-15-22(9-10-24(27)31(29)37)20-6-5-19-14-21(8-7-18(19)13-20)23-16-28(35-17-23)25-3-1-11-33-25;1-5(2)6(8(10)11)4-7(9)12-3;;;;;/h11-16,19-21,23-25,35-36,38-39H,7-10,17-18,22H2,1-6H3,(H,48,53)(H,49,56)(H,50,57);5-10,13-15,17,25-26,33-34H,1-4,11-12,16H2,(H,36,37);5-6H,4H2,1-3H3,(H,10,11);5*1H2/t35-,36?,38-,39-;25-,26?;6-;;;;;/m000...../s1. The fourth-order valence-corrected chi connectivity index (χ4v) is 16.1. The summed E-state index contributed by atoms with van der Waals surface area (Å²) in [6.45, 7) is 14.2. The summed E-state index contributed by atoms with van der Waals surface area (Å²) < 4.78 is 13.9. The van der Waals surface area contributed by atoms with Crippen molar-refractivity contribution in [1.82, 2.24) is 41.0 Å². The van der Waals surface area contributed by atoms with Crippen LogP contribution in [-0.2, 0) is 33.4 Å². The van der Waals surface area contributed by atoms with Crippen LogP contribution in [0.4, 0.5) is 9.59 Å². The first kappa shape index (κ1) is 91.9. The third-order valence-corrected chi connectivity index (χ3v) is 22.5. The predicted octanol–water partition coefficient (Wildman–Crippen LogP) is 15.4. The Morgan fingerprint density at radius 2 is 0.894 bits per heavy atom. The summed E-state index contributed by atoms with van der Waals surface area (Å²) in [5.74, 6) is -2.79. The lowest BCUT2D eigenvalue weighted by atomic mass is 9.93. The Kier molecular flexibility index (Phi) is 33.2. The minimum absolute atomic E-state index is 0. The molecule has 8 aromatic rings. The molecule has 4 amide bonds. The number of ether oxygens (including phenoxy) is 3. The van der Waals surface area contributed by atoms with E-state index in [0.717, 1.165) is 113 Å². The number of benzene rings is 6. The molecule has 7 atom stereocenters. The average Bonchev–Trinajstić information content (AvgIpc) is 1.51. The van der Waals surface area contributed by atoms with E-state index in [2.05, 4.69) is 115 Å². The molecular formula is C84H104Cl2N10O12S5. The van der Waals surface area contributed by atoms with Crippen molar-refractivity contribution >= 4 is 193 Å². The minimum Gasteiger partial charge on any atom is -0.481 e. The number of amides is 4. The first-order valence-corrected chi connectivity index (χ1v) is 38.0. The number of H-pyrrole nitrogens is 2. The first-order valence-electron chi connectivity index (χ1n) is 37.3. The fourth-order valence-electron chi connectivity index (χ4n) is 15.6. The van der Waals surface area contributed by atoms with Crippen LogP contribution >= 0.6 is 90.7 Å². The number of halogens is 2. The SMILES string of the molecule is COC(=O)C[C@H](C(=O)O)C(C)C.COC(=O)N[C@H](C(=O)N1CCCC1c1[nH]c2cc(-c3ccc4cc(C5=CN=C([C@@H]6CCCN6C(=O)[C@@H](NC(=O)OC)C(C)C)C5)ccc4c3)ccc2c(=O)c1Cl)C(C)C.O=c1c(Cl)c(C2CCCN2)[nH]c2cc(-c3ccc4cc(C5=CN=C([C@@H]6CCCN6)C5)ccc4c3)ccc12.S.S.S.S.S. The molecule has 0 aliphatic carbocycles. The molecule has 4 saturated heterocycles. The van der Waals surface area contributed by atoms with E-state index in [0.29, 0.717) is 59.0 Å². The molecule has 4 fully saturated rings. The molecule has 22 nitrogen and oxygen atoms in total. The normalized spacial score (nSPS) is 18.3. The van der Waals surface area contributed by atoms with Crippen LogP contribution in [0, 0.1) is 23.7 Å². The summed E-state index contributed by atoms with van der Waals surface area (Å²) in [4.78, 5) is 119. The van der Waals surface area contributed by atoms with Crippen LogP contribution in [0.3, 0.4) is 0 Å². The van der Waals surface area contributed by atoms with Crippen LogP contribution in [0.25, 0.3) is 76.8 Å². The topological polar surface area (TPSA) is 295 Å². The number of hydrogen-bond donors (Lipinski definition) is 7. The fraction of sp³-hybridized carbons (Fsp3) is 0.405. The summed E-state index contributed by atoms with van der Waals surface area (Å²) in [6, 6.07) is 35.9. The molecule has 6 aliphatic heterocycles.